The van der Waals surface area contributed by atoms with E-state index >= 15 is 0 Å². The van der Waals surface area contributed by atoms with Gasteiger partial charge in [-0.1, -0.05) is 18.6 Å². The van der Waals surface area contributed by atoms with Gasteiger partial charge in [-0.25, -0.2) is 9.18 Å². The van der Waals surface area contributed by atoms with Crippen LogP contribution in [0.15, 0.2) is 28.8 Å². The fourth-order valence-corrected chi connectivity index (χ4v) is 4.96. The lowest BCUT2D eigenvalue weighted by atomic mass is 9.85. The topological polar surface area (TPSA) is 65.7 Å². The first-order valence-corrected chi connectivity index (χ1v) is 10.3. The summed E-state index contributed by atoms with van der Waals surface area (Å²) in [6.45, 7) is 2.15. The van der Waals surface area contributed by atoms with Gasteiger partial charge < -0.3 is 19.2 Å². The van der Waals surface area contributed by atoms with E-state index in [0.29, 0.717) is 18.4 Å². The zero-order chi connectivity index (χ0) is 20.1. The number of halogens is 1. The number of carbonyl (C=O) groups excluding carboxylic acids is 1. The number of hydrogen-bond acceptors (Lipinski definition) is 5. The first-order chi connectivity index (χ1) is 14.0. The summed E-state index contributed by atoms with van der Waals surface area (Å²) < 4.78 is 19.5. The molecule has 154 valence electrons. The molecule has 7 nitrogen and oxygen atoms in total. The van der Waals surface area contributed by atoms with Gasteiger partial charge in [0.1, 0.15) is 5.82 Å². The quantitative estimate of drug-likeness (QED) is 0.793. The minimum Gasteiger partial charge on any atom is -0.337 e. The molecule has 3 heterocycles. The molecular weight excluding hydrogens is 373 g/mol. The molecule has 5 rings (SSSR count). The van der Waals surface area contributed by atoms with Gasteiger partial charge >= 0.3 is 6.03 Å². The number of rotatable bonds is 3. The zero-order valence-electron chi connectivity index (χ0n) is 16.8. The molecule has 1 aromatic carbocycles. The van der Waals surface area contributed by atoms with Crippen LogP contribution in [-0.2, 0) is 0 Å². The van der Waals surface area contributed by atoms with Crippen LogP contribution in [0.5, 0.6) is 0 Å². The van der Waals surface area contributed by atoms with Crippen LogP contribution in [0, 0.1) is 17.7 Å². The van der Waals surface area contributed by atoms with Crippen molar-refractivity contribution in [3.8, 4) is 0 Å². The largest absolute Gasteiger partial charge is 0.337 e. The summed E-state index contributed by atoms with van der Waals surface area (Å²) in [7, 11) is 3.51. The monoisotopic (exact) mass is 399 g/mol. The van der Waals surface area contributed by atoms with Crippen LogP contribution >= 0.6 is 0 Å². The molecule has 3 fully saturated rings. The van der Waals surface area contributed by atoms with E-state index in [-0.39, 0.29) is 29.7 Å². The Bertz CT molecular complexity index is 912. The Hall–Kier alpha value is -2.64. The molecule has 2 aliphatic heterocycles. The van der Waals surface area contributed by atoms with E-state index in [2.05, 4.69) is 15.0 Å². The fraction of sp³-hybridized carbons (Fsp3) is 0.571. The molecule has 2 amide bonds. The molecule has 2 saturated heterocycles. The SMILES string of the molecule is CN(C)C(=O)N1C[C@H]2CN(c3noc(C4CCC4)n3)C[C@H]2[C@H]1c1cccc(F)c1. The van der Waals surface area contributed by atoms with Crippen molar-refractivity contribution in [3.05, 3.63) is 41.5 Å². The third kappa shape index (κ3) is 3.14. The second kappa shape index (κ2) is 7.00. The third-order valence-electron chi connectivity index (χ3n) is 6.65. The first-order valence-electron chi connectivity index (χ1n) is 10.3. The highest BCUT2D eigenvalue weighted by atomic mass is 19.1. The smallest absolute Gasteiger partial charge is 0.320 e. The summed E-state index contributed by atoms with van der Waals surface area (Å²) in [6.07, 6.45) is 3.47. The van der Waals surface area contributed by atoms with Crippen LogP contribution in [-0.4, -0.2) is 59.7 Å². The second-order valence-corrected chi connectivity index (χ2v) is 8.72. The van der Waals surface area contributed by atoms with Crippen molar-refractivity contribution >= 4 is 12.0 Å². The fourth-order valence-electron chi connectivity index (χ4n) is 4.96. The second-order valence-electron chi connectivity index (χ2n) is 8.72. The summed E-state index contributed by atoms with van der Waals surface area (Å²) in [5.74, 6) is 2.01. The van der Waals surface area contributed by atoms with E-state index in [0.717, 1.165) is 37.4 Å². The molecule has 1 aromatic heterocycles. The molecule has 1 saturated carbocycles. The summed E-state index contributed by atoms with van der Waals surface area (Å²) >= 11 is 0. The predicted molar refractivity (Wildman–Crippen MR) is 105 cm³/mol. The number of amides is 2. The number of anilines is 1. The number of urea groups is 1. The summed E-state index contributed by atoms with van der Waals surface area (Å²) in [4.78, 5) is 23.1. The van der Waals surface area contributed by atoms with Crippen molar-refractivity contribution in [2.24, 2.45) is 11.8 Å². The number of hydrogen-bond donors (Lipinski definition) is 0. The maximum absolute atomic E-state index is 14.0. The highest BCUT2D eigenvalue weighted by Crippen LogP contribution is 2.46. The first kappa shape index (κ1) is 18.4. The van der Waals surface area contributed by atoms with E-state index in [1.54, 1.807) is 31.1 Å². The lowest BCUT2D eigenvalue weighted by molar-refractivity contribution is 0.159. The van der Waals surface area contributed by atoms with Crippen molar-refractivity contribution in [3.63, 3.8) is 0 Å². The maximum Gasteiger partial charge on any atom is 0.320 e. The lowest BCUT2D eigenvalue weighted by Gasteiger charge is -2.31. The van der Waals surface area contributed by atoms with Crippen molar-refractivity contribution in [1.82, 2.24) is 19.9 Å². The average molecular weight is 399 g/mol. The highest BCUT2D eigenvalue weighted by Gasteiger charge is 2.50. The van der Waals surface area contributed by atoms with Crippen LogP contribution in [0.2, 0.25) is 0 Å². The van der Waals surface area contributed by atoms with Crippen LogP contribution in [0.3, 0.4) is 0 Å². The van der Waals surface area contributed by atoms with Crippen molar-refractivity contribution < 1.29 is 13.7 Å². The van der Waals surface area contributed by atoms with Gasteiger partial charge in [0.15, 0.2) is 0 Å². The van der Waals surface area contributed by atoms with Gasteiger partial charge in [-0.05, 0) is 35.7 Å². The van der Waals surface area contributed by atoms with E-state index in [9.17, 15) is 9.18 Å². The van der Waals surface area contributed by atoms with Crippen molar-refractivity contribution in [2.45, 2.75) is 31.2 Å². The molecule has 8 heteroatoms. The molecule has 0 N–H and O–H groups in total. The number of carbonyl (C=O) groups is 1. The maximum atomic E-state index is 14.0. The number of likely N-dealkylation sites (tertiary alicyclic amines) is 1. The number of nitrogens with zero attached hydrogens (tertiary/aromatic N) is 5. The number of fused-ring (bicyclic) bond motifs is 1. The molecule has 3 atom stereocenters. The molecule has 0 radical (unpaired) electrons. The van der Waals surface area contributed by atoms with E-state index < -0.39 is 0 Å². The minimum absolute atomic E-state index is 0.0351. The van der Waals surface area contributed by atoms with Gasteiger partial charge in [-0.3, -0.25) is 0 Å². The van der Waals surface area contributed by atoms with E-state index in [4.69, 9.17) is 4.52 Å². The van der Waals surface area contributed by atoms with Gasteiger partial charge in [-0.2, -0.15) is 4.98 Å². The van der Waals surface area contributed by atoms with Crippen molar-refractivity contribution in [1.29, 1.82) is 0 Å². The highest BCUT2D eigenvalue weighted by molar-refractivity contribution is 5.75. The molecule has 0 unspecified atom stereocenters. The molecule has 2 aromatic rings. The molecule has 29 heavy (non-hydrogen) atoms. The Morgan fingerprint density at radius 2 is 2.07 bits per heavy atom. The van der Waals surface area contributed by atoms with Crippen molar-refractivity contribution in [2.75, 3.05) is 38.6 Å². The van der Waals surface area contributed by atoms with Crippen LogP contribution in [0.4, 0.5) is 15.1 Å². The predicted octanol–water partition coefficient (Wildman–Crippen LogP) is 3.27. The minimum atomic E-state index is -0.277. The molecule has 1 aliphatic carbocycles. The lowest BCUT2D eigenvalue weighted by Crippen LogP contribution is -2.41. The molecule has 3 aliphatic rings. The normalized spacial score (nSPS) is 26.5. The molecule has 0 bridgehead atoms. The Morgan fingerprint density at radius 3 is 2.76 bits per heavy atom. The van der Waals surface area contributed by atoms with Crippen LogP contribution in [0.1, 0.15) is 42.7 Å². The van der Waals surface area contributed by atoms with Crippen LogP contribution in [0.25, 0.3) is 0 Å². The number of benzene rings is 1. The Morgan fingerprint density at radius 1 is 1.24 bits per heavy atom. The van der Waals surface area contributed by atoms with Gasteiger partial charge in [-0.15, -0.1) is 0 Å². The average Bonchev–Trinajstić information content (AvgIpc) is 3.33. The van der Waals surface area contributed by atoms with E-state index in [1.807, 2.05) is 11.0 Å². The van der Waals surface area contributed by atoms with Gasteiger partial charge in [0, 0.05) is 51.5 Å². The standard InChI is InChI=1S/C21H26FN5O2/c1-25(2)21(28)27-11-15-10-26(20-23-19(29-24-20)13-5-3-6-13)12-17(15)18(27)14-7-4-8-16(22)9-14/h4,7-9,13,15,17-18H,3,5-6,10-12H2,1-2H3/t15-,17-,18-/m1/s1. The van der Waals surface area contributed by atoms with Gasteiger partial charge in [0.25, 0.3) is 5.95 Å². The zero-order valence-corrected chi connectivity index (χ0v) is 16.8. The Balaban J connectivity index is 1.40. The molecular formula is C21H26FN5O2. The summed E-state index contributed by atoms with van der Waals surface area (Å²) in [5, 5.41) is 4.21. The third-order valence-corrected chi connectivity index (χ3v) is 6.65. The van der Waals surface area contributed by atoms with Gasteiger partial charge in [0.2, 0.25) is 5.89 Å². The van der Waals surface area contributed by atoms with Crippen LogP contribution < -0.4 is 4.90 Å². The Labute approximate surface area is 169 Å². The van der Waals surface area contributed by atoms with Gasteiger partial charge in [0.05, 0.1) is 6.04 Å². The summed E-state index contributed by atoms with van der Waals surface area (Å²) in [5.41, 5.74) is 0.845. The van der Waals surface area contributed by atoms with E-state index in [1.165, 1.54) is 12.5 Å². The molecule has 0 spiro atoms. The number of aromatic nitrogens is 2. The Kier molecular flexibility index (Phi) is 4.44. The summed E-state index contributed by atoms with van der Waals surface area (Å²) in [6, 6.07) is 6.43.